The molecule has 2 bridgehead atoms. The van der Waals surface area contributed by atoms with E-state index in [-0.39, 0.29) is 57.8 Å². The van der Waals surface area contributed by atoms with E-state index in [2.05, 4.69) is 10.1 Å². The Kier molecular flexibility index (Phi) is 20.0. The van der Waals surface area contributed by atoms with E-state index in [1.807, 2.05) is 57.2 Å². The number of carbonyl (C=O) groups excluding carboxylic acids is 2. The zero-order valence-electron chi connectivity index (χ0n) is 40.9. The number of likely N-dealkylation sites (N-methyl/N-ethyl adjacent to an activating group) is 1. The van der Waals surface area contributed by atoms with E-state index in [1.165, 1.54) is 14.2 Å². The molecule has 3 N–H and O–H groups in total. The summed E-state index contributed by atoms with van der Waals surface area (Å²) in [7, 11) is 6.50. The third-order valence-electron chi connectivity index (χ3n) is 13.5. The third-order valence-corrected chi connectivity index (χ3v) is 13.5. The van der Waals surface area contributed by atoms with Crippen LogP contribution in [0.1, 0.15) is 59.4 Å². The molecular weight excluding hydrogens is 883 g/mol. The first-order valence-corrected chi connectivity index (χ1v) is 23.7. The Bertz CT molecular complexity index is 2030. The maximum absolute atomic E-state index is 14.1. The summed E-state index contributed by atoms with van der Waals surface area (Å²) in [4.78, 5) is 40.2. The summed E-state index contributed by atoms with van der Waals surface area (Å²) >= 11 is 0. The normalized spacial score (nSPS) is 38.1. The van der Waals surface area contributed by atoms with Crippen LogP contribution < -0.4 is 0 Å². The number of allylic oxidation sites excluding steroid dienone is 3. The number of benzene rings is 1. The number of fused-ring (bicyclic) bond motifs is 4. The molecule has 1 aromatic carbocycles. The van der Waals surface area contributed by atoms with E-state index >= 15 is 0 Å². The summed E-state index contributed by atoms with van der Waals surface area (Å²) in [6.07, 6.45) is -2.17. The number of ketones is 1. The number of oxime groups is 1. The topological polar surface area (TPSA) is 216 Å². The van der Waals surface area contributed by atoms with Crippen LogP contribution in [0.3, 0.4) is 0 Å². The minimum atomic E-state index is -1.25. The van der Waals surface area contributed by atoms with Crippen LogP contribution in [0.15, 0.2) is 65.5 Å². The summed E-state index contributed by atoms with van der Waals surface area (Å²) in [6.45, 7) is 9.39. The maximum Gasteiger partial charge on any atom is 0.308 e. The van der Waals surface area contributed by atoms with Crippen molar-refractivity contribution in [1.29, 1.82) is 0 Å². The van der Waals surface area contributed by atoms with Gasteiger partial charge in [-0.05, 0) is 71.8 Å². The molecule has 0 radical (unpaired) electrons. The van der Waals surface area contributed by atoms with Gasteiger partial charge in [0.2, 0.25) is 0 Å². The molecule has 16 atom stereocenters. The van der Waals surface area contributed by atoms with Crippen LogP contribution in [0.5, 0.6) is 0 Å². The molecule has 3 saturated heterocycles. The van der Waals surface area contributed by atoms with Crippen LogP contribution in [0, 0.1) is 23.7 Å². The zero-order chi connectivity index (χ0) is 49.1. The van der Waals surface area contributed by atoms with E-state index in [1.54, 1.807) is 51.2 Å². The zero-order valence-corrected chi connectivity index (χ0v) is 40.9. The first-order chi connectivity index (χ1) is 32.6. The minimum Gasteiger partial charge on any atom is -0.465 e. The van der Waals surface area contributed by atoms with Gasteiger partial charge in [0.25, 0.3) is 0 Å². The van der Waals surface area contributed by atoms with Crippen LogP contribution in [0.4, 0.5) is 0 Å². The average molecular weight is 956 g/mol. The maximum atomic E-state index is 14.1. The number of nitrogens with zero attached hydrogens (tertiary/aromatic N) is 3. The van der Waals surface area contributed by atoms with Crippen molar-refractivity contribution >= 4 is 28.4 Å². The highest BCUT2D eigenvalue weighted by Gasteiger charge is 2.48. The fourth-order valence-electron chi connectivity index (χ4n) is 9.50. The van der Waals surface area contributed by atoms with Crippen LogP contribution in [0.2, 0.25) is 0 Å². The van der Waals surface area contributed by atoms with Gasteiger partial charge in [-0.3, -0.25) is 14.6 Å². The monoisotopic (exact) mass is 956 g/mol. The van der Waals surface area contributed by atoms with Crippen LogP contribution in [-0.4, -0.2) is 178 Å². The van der Waals surface area contributed by atoms with E-state index < -0.39 is 97.3 Å². The van der Waals surface area contributed by atoms with Gasteiger partial charge in [-0.15, -0.1) is 0 Å². The number of aliphatic hydroxyl groups is 3. The SMILES string of the molecule is CO[C@@H]1[C@H](O)[C@@H](C)O[C@@H](OC[C@H]2/C=C(C)/C=C/C(=O)[C@H](C)CC3CCOC/C(=N\OCc4cnc5ccccc5c4)CO[C@H](CC(=O)OC2)[C@H](C)[C@H]3O[C@@H]2O[C@H](C)[C@@H](O)[C@H](N(C)C)[C@H]2O)[C@@H]1OC. The lowest BCUT2D eigenvalue weighted by Gasteiger charge is -2.47. The molecule has 5 heterocycles. The fourth-order valence-corrected chi connectivity index (χ4v) is 9.50. The summed E-state index contributed by atoms with van der Waals surface area (Å²) in [6, 6.07) is 9.08. The fraction of sp³-hybridized carbons (Fsp3) is 0.680. The lowest BCUT2D eigenvalue weighted by Crippen LogP contribution is -2.63. The van der Waals surface area contributed by atoms with Gasteiger partial charge in [0.15, 0.2) is 18.4 Å². The Morgan fingerprint density at radius 1 is 0.897 bits per heavy atom. The molecule has 68 heavy (non-hydrogen) atoms. The molecule has 0 saturated carbocycles. The molecule has 0 aliphatic carbocycles. The number of esters is 1. The third kappa shape index (κ3) is 14.0. The number of cyclic esters (lactones) is 1. The van der Waals surface area contributed by atoms with Gasteiger partial charge in [-0.2, -0.15) is 0 Å². The number of methoxy groups -OCH3 is 2. The lowest BCUT2D eigenvalue weighted by atomic mass is 9.79. The van der Waals surface area contributed by atoms with Gasteiger partial charge >= 0.3 is 5.97 Å². The summed E-state index contributed by atoms with van der Waals surface area (Å²) < 4.78 is 55.4. The Morgan fingerprint density at radius 2 is 1.63 bits per heavy atom. The van der Waals surface area contributed by atoms with Gasteiger partial charge in [-0.1, -0.05) is 54.9 Å². The molecule has 4 aliphatic rings. The molecule has 0 amide bonds. The first-order valence-electron chi connectivity index (χ1n) is 23.7. The van der Waals surface area contributed by atoms with E-state index in [9.17, 15) is 24.9 Å². The summed E-state index contributed by atoms with van der Waals surface area (Å²) in [5.74, 6) is -2.58. The highest BCUT2D eigenvalue weighted by molar-refractivity contribution is 5.91. The van der Waals surface area contributed by atoms with Gasteiger partial charge in [-0.25, -0.2) is 0 Å². The predicted octanol–water partition coefficient (Wildman–Crippen LogP) is 3.76. The molecule has 6 rings (SSSR count). The quantitative estimate of drug-likeness (QED) is 0.216. The van der Waals surface area contributed by atoms with Crippen molar-refractivity contribution in [3.63, 3.8) is 0 Å². The number of hydrogen-bond donors (Lipinski definition) is 3. The Morgan fingerprint density at radius 3 is 2.38 bits per heavy atom. The number of para-hydroxylation sites is 1. The Hall–Kier alpha value is -3.76. The smallest absolute Gasteiger partial charge is 0.308 e. The molecule has 1 unspecified atom stereocenters. The second-order valence-electron chi connectivity index (χ2n) is 18.9. The van der Waals surface area contributed by atoms with Crippen molar-refractivity contribution in [2.24, 2.45) is 28.8 Å². The largest absolute Gasteiger partial charge is 0.465 e. The number of aliphatic hydroxyl groups excluding tert-OH is 3. The molecule has 0 spiro atoms. The van der Waals surface area contributed by atoms with Crippen molar-refractivity contribution in [1.82, 2.24) is 9.88 Å². The van der Waals surface area contributed by atoms with E-state index in [0.717, 1.165) is 22.0 Å². The van der Waals surface area contributed by atoms with Crippen LogP contribution in [0.25, 0.3) is 10.9 Å². The second kappa shape index (κ2) is 25.4. The Balaban J connectivity index is 1.29. The molecule has 378 valence electrons. The van der Waals surface area contributed by atoms with E-state index in [4.69, 9.17) is 47.5 Å². The Labute approximate surface area is 399 Å². The second-order valence-corrected chi connectivity index (χ2v) is 18.9. The number of carbonyl (C=O) groups is 2. The van der Waals surface area contributed by atoms with Gasteiger partial charge in [0.1, 0.15) is 36.7 Å². The van der Waals surface area contributed by atoms with Gasteiger partial charge in [0.05, 0.1) is 74.9 Å². The van der Waals surface area contributed by atoms with E-state index in [0.29, 0.717) is 18.6 Å². The minimum absolute atomic E-state index is 0.0282. The number of ether oxygens (including phenoxy) is 9. The summed E-state index contributed by atoms with van der Waals surface area (Å²) in [5, 5.41) is 38.9. The molecular formula is C50H73N3O15. The number of rotatable bonds is 11. The highest BCUT2D eigenvalue weighted by Crippen LogP contribution is 2.36. The average Bonchev–Trinajstić information content (AvgIpc) is 3.33. The lowest BCUT2D eigenvalue weighted by molar-refractivity contribution is -0.305. The van der Waals surface area contributed by atoms with Gasteiger partial charge in [0, 0.05) is 55.7 Å². The van der Waals surface area contributed by atoms with Crippen molar-refractivity contribution in [2.45, 2.75) is 134 Å². The molecule has 3 fully saturated rings. The van der Waals surface area contributed by atoms with Crippen LogP contribution >= 0.6 is 0 Å². The van der Waals surface area contributed by atoms with Crippen molar-refractivity contribution in [3.05, 3.63) is 65.9 Å². The summed E-state index contributed by atoms with van der Waals surface area (Å²) in [5.41, 5.74) is 2.87. The van der Waals surface area contributed by atoms with Crippen molar-refractivity contribution in [2.75, 3.05) is 61.3 Å². The van der Waals surface area contributed by atoms with Gasteiger partial charge < -0.3 is 67.7 Å². The molecule has 4 aliphatic heterocycles. The standard InChI is InChI=1S/C50H73N3O15/c1-28-14-15-39(54)29(2)19-36-16-17-61-26-37(52-65-25-33-20-35-12-10-11-13-38(35)51-22-33)27-62-40(30(3)46(36)68-49-45(58)42(53(6)7)43(56)31(4)66-49)21-41(55)63-23-34(18-28)24-64-50-48(60-9)47(59-8)44(57)32(5)67-50/h10-15,18,20,22,29-32,34,36,40,42-50,56-58H,16-17,19,21,23-27H2,1-9H3/b15-14+,28-18+,52-37+/t29-,30+,31-,32-,34+,36?,40-,42+,43-,44-,45-,46-,47-,48-,49+,50-/m1/s1. The molecule has 18 heteroatoms. The molecule has 2 aromatic rings. The number of aromatic nitrogens is 1. The first kappa shape index (κ1) is 53.6. The number of pyridine rings is 1. The van der Waals surface area contributed by atoms with Crippen molar-refractivity contribution in [3.8, 4) is 0 Å². The number of hydrogen-bond acceptors (Lipinski definition) is 18. The molecule has 1 aromatic heterocycles. The highest BCUT2D eigenvalue weighted by atomic mass is 16.7. The van der Waals surface area contributed by atoms with Crippen molar-refractivity contribution < 1.29 is 72.4 Å². The molecule has 18 nitrogen and oxygen atoms in total. The predicted molar refractivity (Wildman–Crippen MR) is 249 cm³/mol. The van der Waals surface area contributed by atoms with Crippen LogP contribution in [-0.2, 0) is 63.7 Å².